The van der Waals surface area contributed by atoms with Crippen molar-refractivity contribution >= 4 is 60.2 Å². The molecule has 0 saturated heterocycles. The Balaban J connectivity index is 1.65. The molecule has 6 aromatic carbocycles. The predicted octanol–water partition coefficient (Wildman–Crippen LogP) is 10.6. The summed E-state index contributed by atoms with van der Waals surface area (Å²) < 4.78 is 47.3. The van der Waals surface area contributed by atoms with Crippen molar-refractivity contribution in [2.75, 3.05) is 0 Å². The van der Waals surface area contributed by atoms with Gasteiger partial charge in [0.1, 0.15) is 0 Å². The number of nitrogens with zero attached hydrogens (tertiary/aromatic N) is 3. The highest BCUT2D eigenvalue weighted by atomic mass is 31.2. The van der Waals surface area contributed by atoms with Crippen LogP contribution in [0.5, 0.6) is 0 Å². The largest absolute Gasteiger partial charge is 0.463 e. The third-order valence-electron chi connectivity index (χ3n) is 7.87. The molecule has 0 heterocycles. The Hall–Kier alpha value is -7.30. The molecule has 0 fully saturated rings. The second-order valence-corrected chi connectivity index (χ2v) is 16.6. The zero-order valence-electron chi connectivity index (χ0n) is 31.5. The summed E-state index contributed by atoms with van der Waals surface area (Å²) >= 11 is 0. The maximum Gasteiger partial charge on any atom is 0.463 e. The fraction of sp³-hybridized carbons (Fsp3) is 0.0233. The molecule has 18 heteroatoms. The van der Waals surface area contributed by atoms with Crippen molar-refractivity contribution in [2.24, 2.45) is 13.8 Å². The number of hydrogen-bond acceptors (Lipinski definition) is 13. The Morgan fingerprint density at radius 1 is 0.361 bits per heavy atom. The first-order chi connectivity index (χ1) is 29.6. The topological polar surface area (TPSA) is 195 Å². The van der Waals surface area contributed by atoms with Gasteiger partial charge in [-0.05, 0) is 81.8 Å². The van der Waals surface area contributed by atoms with Gasteiger partial charge in [-0.1, -0.05) is 114 Å². The number of esters is 2. The highest BCUT2D eigenvalue weighted by Crippen LogP contribution is 2.68. The summed E-state index contributed by atoms with van der Waals surface area (Å²) in [5.74, 6) is -6.97. The lowest BCUT2D eigenvalue weighted by atomic mass is 10.2. The van der Waals surface area contributed by atoms with Crippen molar-refractivity contribution in [2.45, 2.75) is 6.41 Å². The van der Waals surface area contributed by atoms with E-state index in [2.05, 4.69) is 22.8 Å². The van der Waals surface area contributed by atoms with Crippen LogP contribution in [-0.4, -0.2) is 42.2 Å². The van der Waals surface area contributed by atoms with E-state index >= 15 is 0 Å². The van der Waals surface area contributed by atoms with Gasteiger partial charge in [-0.2, -0.15) is 4.52 Å². The van der Waals surface area contributed by atoms with Crippen LogP contribution in [0.15, 0.2) is 196 Å². The second-order valence-electron chi connectivity index (χ2n) is 12.1. The van der Waals surface area contributed by atoms with Crippen LogP contribution in [0.2, 0.25) is 0 Å². The molecular weight excluding hydrogens is 843 g/mol. The molecule has 6 rings (SSSR count). The second kappa shape index (κ2) is 20.6. The van der Waals surface area contributed by atoms with Gasteiger partial charge in [0, 0.05) is 0 Å². The van der Waals surface area contributed by atoms with Gasteiger partial charge in [0.05, 0.1) is 33.4 Å². The van der Waals surface area contributed by atoms with Crippen LogP contribution in [0, 0.1) is 0 Å². The maximum absolute atomic E-state index is 14.1. The number of hydrogen-bond donors (Lipinski definition) is 0. The number of benzene rings is 6. The first-order valence-corrected chi connectivity index (χ1v) is 21.4. The quantitative estimate of drug-likeness (QED) is 0.0539. The molecule has 306 valence electrons. The molecule has 6 aromatic rings. The van der Waals surface area contributed by atoms with E-state index in [1.54, 1.807) is 36.4 Å². The predicted molar refractivity (Wildman–Crippen MR) is 224 cm³/mol. The van der Waals surface area contributed by atoms with E-state index in [4.69, 9.17) is 27.6 Å². The Morgan fingerprint density at radius 3 is 0.836 bits per heavy atom. The minimum absolute atomic E-state index is 0.0347. The summed E-state index contributed by atoms with van der Waals surface area (Å²) in [5.41, 5.74) is -0.464. The molecule has 0 N–H and O–H groups in total. The summed E-state index contributed by atoms with van der Waals surface area (Å²) in [6, 6.07) is 44.5. The first-order valence-electron chi connectivity index (χ1n) is 17.9. The summed E-state index contributed by atoms with van der Waals surface area (Å²) in [5, 5.41) is 0. The molecule has 0 saturated carbocycles. The van der Waals surface area contributed by atoms with Crippen molar-refractivity contribution in [3.8, 4) is 0 Å². The van der Waals surface area contributed by atoms with Crippen molar-refractivity contribution in [3.05, 3.63) is 215 Å². The van der Waals surface area contributed by atoms with Crippen LogP contribution in [-0.2, 0) is 27.6 Å². The summed E-state index contributed by atoms with van der Waals surface area (Å²) in [6.07, 6.45) is -2.43. The van der Waals surface area contributed by atoms with E-state index in [9.17, 15) is 28.8 Å². The van der Waals surface area contributed by atoms with Gasteiger partial charge in [-0.15, -0.1) is 4.74 Å². The first kappa shape index (κ1) is 43.3. The number of rotatable bonds is 15. The third kappa shape index (κ3) is 11.9. The summed E-state index contributed by atoms with van der Waals surface area (Å²) in [6.45, 7) is 0. The molecule has 61 heavy (non-hydrogen) atoms. The molecule has 0 aliphatic rings. The van der Waals surface area contributed by atoms with Crippen LogP contribution in [0.3, 0.4) is 0 Å². The maximum atomic E-state index is 14.1. The van der Waals surface area contributed by atoms with Gasteiger partial charge in [-0.3, -0.25) is 0 Å². The van der Waals surface area contributed by atoms with Crippen LogP contribution in [0.4, 0.5) is 0 Å². The average Bonchev–Trinajstić information content (AvgIpc) is 3.30. The number of carbonyl (C=O) groups is 6. The SMILES string of the molecule is O=C(OC(N=P(N=P(N=P)(OC(=O)c1ccccc1)OC(=O)c1ccccc1)(OC(=O)c1ccccc1)OC(=O)c1ccccc1)OC(=O)c1ccccc1)c1ccccc1. The lowest BCUT2D eigenvalue weighted by Crippen LogP contribution is -2.24. The van der Waals surface area contributed by atoms with Crippen molar-refractivity contribution in [3.63, 3.8) is 0 Å². The van der Waals surface area contributed by atoms with E-state index in [0.717, 1.165) is 0 Å². The van der Waals surface area contributed by atoms with Gasteiger partial charge >= 0.3 is 57.5 Å². The van der Waals surface area contributed by atoms with E-state index in [1.807, 2.05) is 0 Å². The Kier molecular flexibility index (Phi) is 14.6. The highest BCUT2D eigenvalue weighted by Gasteiger charge is 2.43. The summed E-state index contributed by atoms with van der Waals surface area (Å²) in [7, 11) is -7.38. The molecule has 15 nitrogen and oxygen atoms in total. The lowest BCUT2D eigenvalue weighted by Gasteiger charge is -2.25. The fourth-order valence-electron chi connectivity index (χ4n) is 4.98. The van der Waals surface area contributed by atoms with Crippen molar-refractivity contribution in [1.82, 2.24) is 0 Å². The van der Waals surface area contributed by atoms with Gasteiger partial charge in [0.15, 0.2) is 0 Å². The molecule has 0 aliphatic heterocycles. The van der Waals surface area contributed by atoms with Crippen LogP contribution < -0.4 is 0 Å². The molecule has 0 aromatic heterocycles. The molecule has 0 radical (unpaired) electrons. The Bertz CT molecular complexity index is 2470. The Labute approximate surface area is 351 Å². The molecule has 0 atom stereocenters. The molecular formula is C43H32N3O12P3. The molecule has 0 spiro atoms. The average molecular weight is 876 g/mol. The van der Waals surface area contributed by atoms with E-state index in [-0.39, 0.29) is 33.4 Å². The van der Waals surface area contributed by atoms with E-state index in [0.29, 0.717) is 0 Å². The van der Waals surface area contributed by atoms with E-state index < -0.39 is 57.5 Å². The zero-order valence-corrected chi connectivity index (χ0v) is 34.3. The van der Waals surface area contributed by atoms with Gasteiger partial charge in [-0.25, -0.2) is 28.8 Å². The highest BCUT2D eigenvalue weighted by molar-refractivity contribution is 7.68. The molecule has 0 amide bonds. The van der Waals surface area contributed by atoms with Gasteiger partial charge in [0.2, 0.25) is 0 Å². The minimum Gasteiger partial charge on any atom is -0.401 e. The van der Waals surface area contributed by atoms with Gasteiger partial charge in [0.25, 0.3) is 0 Å². The van der Waals surface area contributed by atoms with E-state index in [1.165, 1.54) is 146 Å². The van der Waals surface area contributed by atoms with Crippen LogP contribution in [0.1, 0.15) is 62.1 Å². The standard InChI is InChI=1S/C43H32N3O12P3/c47-37(31-19-7-1-8-20-31)53-43(54-38(48)32-21-9-2-10-22-32)44-60(55-39(49)33-23-11-3-12-24-33,56-40(50)34-25-13-4-14-26-34)46-61(45-59,57-41(51)35-27-15-5-16-28-35)58-42(52)36-29-17-6-18-30-36/h1-30,43,59H. The van der Waals surface area contributed by atoms with Gasteiger partial charge < -0.3 is 27.6 Å². The van der Waals surface area contributed by atoms with Crippen molar-refractivity contribution in [1.29, 1.82) is 0 Å². The lowest BCUT2D eigenvalue weighted by molar-refractivity contribution is -0.0741. The number of ether oxygens (including phenoxy) is 2. The molecule has 0 bridgehead atoms. The van der Waals surface area contributed by atoms with Crippen molar-refractivity contribution < 1.29 is 56.3 Å². The normalized spacial score (nSPS) is 10.9. The summed E-state index contributed by atoms with van der Waals surface area (Å²) in [4.78, 5) is 83.2. The fourth-order valence-corrected chi connectivity index (χ4v) is 9.53. The zero-order chi connectivity index (χ0) is 43.1. The Morgan fingerprint density at radius 2 is 0.590 bits per heavy atom. The van der Waals surface area contributed by atoms with Crippen LogP contribution >= 0.6 is 24.3 Å². The molecule has 0 aliphatic carbocycles. The molecule has 0 unspecified atom stereocenters. The van der Waals surface area contributed by atoms with Crippen LogP contribution in [0.25, 0.3) is 0 Å². The minimum atomic E-state index is -5.36. The smallest absolute Gasteiger partial charge is 0.401 e. The third-order valence-corrected chi connectivity index (χ3v) is 12.8. The monoisotopic (exact) mass is 875 g/mol. The number of carbonyl (C=O) groups excluding carboxylic acids is 6.